The summed E-state index contributed by atoms with van der Waals surface area (Å²) >= 11 is 2.88. The number of thiazole rings is 1. The van der Waals surface area contributed by atoms with Gasteiger partial charge in [-0.25, -0.2) is 9.79 Å². The molecule has 1 aliphatic rings. The van der Waals surface area contributed by atoms with Crippen LogP contribution in [0.15, 0.2) is 50.7 Å². The molecule has 0 saturated heterocycles. The van der Waals surface area contributed by atoms with Crippen molar-refractivity contribution in [1.29, 1.82) is 0 Å². The molecule has 2 aromatic heterocycles. The van der Waals surface area contributed by atoms with Crippen LogP contribution in [0, 0.1) is 6.92 Å². The number of esters is 1. The fourth-order valence-electron chi connectivity index (χ4n) is 3.78. The zero-order valence-electron chi connectivity index (χ0n) is 19.0. The topological polar surface area (TPSA) is 79.1 Å². The van der Waals surface area contributed by atoms with Crippen LogP contribution in [-0.4, -0.2) is 31.4 Å². The number of nitrogens with zero attached hydrogens (tertiary/aromatic N) is 2. The van der Waals surface area contributed by atoms with Gasteiger partial charge in [-0.1, -0.05) is 17.4 Å². The number of hydrogen-bond acceptors (Lipinski definition) is 8. The summed E-state index contributed by atoms with van der Waals surface area (Å²) in [5, 5.41) is 1.99. The highest BCUT2D eigenvalue weighted by Crippen LogP contribution is 2.36. The van der Waals surface area contributed by atoms with E-state index in [4.69, 9.17) is 14.2 Å². The molecular formula is C24H24N2O5S2. The normalized spacial score (nSPS) is 15.8. The third-order valence-electron chi connectivity index (χ3n) is 5.40. The number of aromatic nitrogens is 1. The molecule has 3 heterocycles. The average Bonchev–Trinajstić information content (AvgIpc) is 3.34. The van der Waals surface area contributed by atoms with E-state index in [1.54, 1.807) is 56.1 Å². The second-order valence-electron chi connectivity index (χ2n) is 7.38. The number of carbonyl (C=O) groups excluding carboxylic acids is 1. The number of benzene rings is 1. The minimum atomic E-state index is -0.702. The highest BCUT2D eigenvalue weighted by Gasteiger charge is 2.33. The van der Waals surface area contributed by atoms with Crippen molar-refractivity contribution < 1.29 is 19.0 Å². The van der Waals surface area contributed by atoms with E-state index < -0.39 is 12.0 Å². The molecule has 172 valence electrons. The first-order chi connectivity index (χ1) is 15.9. The van der Waals surface area contributed by atoms with Crippen molar-refractivity contribution in [3.8, 4) is 11.5 Å². The van der Waals surface area contributed by atoms with Crippen LogP contribution in [0.5, 0.6) is 11.5 Å². The van der Waals surface area contributed by atoms with Crippen molar-refractivity contribution in [3.63, 3.8) is 0 Å². The van der Waals surface area contributed by atoms with Gasteiger partial charge in [-0.05, 0) is 61.6 Å². The van der Waals surface area contributed by atoms with Gasteiger partial charge in [-0.15, -0.1) is 11.3 Å². The SMILES string of the molecule is CCOC(=O)C1=C(C)N=c2s/c(=C\c3sccc3C)c(=O)n2[C@H]1c1ccc(OC)c(OC)c1. The van der Waals surface area contributed by atoms with Gasteiger partial charge in [0, 0.05) is 4.88 Å². The van der Waals surface area contributed by atoms with E-state index >= 15 is 0 Å². The predicted octanol–water partition coefficient (Wildman–Crippen LogP) is 3.19. The smallest absolute Gasteiger partial charge is 0.338 e. The van der Waals surface area contributed by atoms with Gasteiger partial charge >= 0.3 is 5.97 Å². The monoisotopic (exact) mass is 484 g/mol. The quantitative estimate of drug-likeness (QED) is 0.502. The molecule has 0 aliphatic carbocycles. The van der Waals surface area contributed by atoms with Gasteiger partial charge < -0.3 is 14.2 Å². The minimum Gasteiger partial charge on any atom is -0.493 e. The van der Waals surface area contributed by atoms with Crippen molar-refractivity contribution in [1.82, 2.24) is 4.57 Å². The average molecular weight is 485 g/mol. The van der Waals surface area contributed by atoms with Gasteiger partial charge in [0.2, 0.25) is 0 Å². The fourth-order valence-corrected chi connectivity index (χ4v) is 5.74. The first kappa shape index (κ1) is 23.0. The number of rotatable bonds is 6. The maximum atomic E-state index is 13.6. The largest absolute Gasteiger partial charge is 0.493 e. The molecule has 0 bridgehead atoms. The van der Waals surface area contributed by atoms with Crippen LogP contribution >= 0.6 is 22.7 Å². The zero-order chi connectivity index (χ0) is 23.7. The molecule has 7 nitrogen and oxygen atoms in total. The van der Waals surface area contributed by atoms with Gasteiger partial charge in [-0.2, -0.15) is 0 Å². The van der Waals surface area contributed by atoms with Crippen molar-refractivity contribution in [2.45, 2.75) is 26.8 Å². The minimum absolute atomic E-state index is 0.208. The van der Waals surface area contributed by atoms with Crippen molar-refractivity contribution in [2.75, 3.05) is 20.8 Å². The number of ether oxygens (including phenoxy) is 3. The number of aryl methyl sites for hydroxylation is 1. The lowest BCUT2D eigenvalue weighted by Gasteiger charge is -2.25. The number of thiophene rings is 1. The first-order valence-electron chi connectivity index (χ1n) is 10.3. The third-order valence-corrected chi connectivity index (χ3v) is 7.35. The molecule has 4 rings (SSSR count). The van der Waals surface area contributed by atoms with E-state index in [0.717, 1.165) is 10.4 Å². The molecule has 1 aliphatic heterocycles. The van der Waals surface area contributed by atoms with E-state index in [-0.39, 0.29) is 12.2 Å². The highest BCUT2D eigenvalue weighted by atomic mass is 32.1. The summed E-state index contributed by atoms with van der Waals surface area (Å²) in [5.74, 6) is 0.561. The summed E-state index contributed by atoms with van der Waals surface area (Å²) in [6.07, 6.45) is 1.89. The van der Waals surface area contributed by atoms with E-state index in [2.05, 4.69) is 4.99 Å². The molecule has 0 unspecified atom stereocenters. The van der Waals surface area contributed by atoms with Gasteiger partial charge in [0.05, 0.1) is 42.7 Å². The lowest BCUT2D eigenvalue weighted by atomic mass is 9.95. The Kier molecular flexibility index (Phi) is 6.53. The maximum absolute atomic E-state index is 13.6. The Hall–Kier alpha value is -3.17. The molecular weight excluding hydrogens is 460 g/mol. The van der Waals surface area contributed by atoms with Crippen molar-refractivity contribution >= 4 is 34.7 Å². The molecule has 1 atom stereocenters. The van der Waals surface area contributed by atoms with Crippen LogP contribution < -0.4 is 24.4 Å². The second kappa shape index (κ2) is 9.36. The molecule has 0 spiro atoms. The zero-order valence-corrected chi connectivity index (χ0v) is 20.6. The van der Waals surface area contributed by atoms with E-state index in [0.29, 0.717) is 37.7 Å². The number of carbonyl (C=O) groups is 1. The van der Waals surface area contributed by atoms with Crippen LogP contribution in [0.25, 0.3) is 6.08 Å². The lowest BCUT2D eigenvalue weighted by Crippen LogP contribution is -2.39. The molecule has 0 amide bonds. The van der Waals surface area contributed by atoms with Crippen LogP contribution in [0.3, 0.4) is 0 Å². The van der Waals surface area contributed by atoms with E-state index in [1.165, 1.54) is 11.3 Å². The highest BCUT2D eigenvalue weighted by molar-refractivity contribution is 7.11. The maximum Gasteiger partial charge on any atom is 0.338 e. The predicted molar refractivity (Wildman–Crippen MR) is 129 cm³/mol. The Labute approximate surface area is 198 Å². The number of methoxy groups -OCH3 is 2. The Morgan fingerprint density at radius 1 is 1.18 bits per heavy atom. The van der Waals surface area contributed by atoms with E-state index in [9.17, 15) is 9.59 Å². The van der Waals surface area contributed by atoms with E-state index in [1.807, 2.05) is 30.5 Å². The van der Waals surface area contributed by atoms with Crippen LogP contribution in [0.2, 0.25) is 0 Å². The molecule has 0 saturated carbocycles. The Morgan fingerprint density at radius 2 is 1.94 bits per heavy atom. The van der Waals surface area contributed by atoms with Crippen LogP contribution in [-0.2, 0) is 9.53 Å². The van der Waals surface area contributed by atoms with Gasteiger partial charge in [0.25, 0.3) is 5.56 Å². The second-order valence-corrected chi connectivity index (χ2v) is 9.34. The molecule has 0 fully saturated rings. The summed E-state index contributed by atoms with van der Waals surface area (Å²) in [6.45, 7) is 5.74. The fraction of sp³-hybridized carbons (Fsp3) is 0.292. The third kappa shape index (κ3) is 4.14. The summed E-state index contributed by atoms with van der Waals surface area (Å²) in [7, 11) is 3.10. The van der Waals surface area contributed by atoms with Gasteiger partial charge in [0.15, 0.2) is 16.3 Å². The van der Waals surface area contributed by atoms with Crippen LogP contribution in [0.1, 0.15) is 35.9 Å². The molecule has 0 radical (unpaired) electrons. The Bertz CT molecular complexity index is 1430. The number of allylic oxidation sites excluding steroid dienone is 1. The van der Waals surface area contributed by atoms with Crippen molar-refractivity contribution in [3.05, 3.63) is 76.6 Å². The Balaban J connectivity index is 1.99. The molecule has 1 aromatic carbocycles. The van der Waals surface area contributed by atoms with Gasteiger partial charge in [0.1, 0.15) is 0 Å². The summed E-state index contributed by atoms with van der Waals surface area (Å²) in [6, 6.07) is 6.68. The molecule has 0 N–H and O–H groups in total. The first-order valence-corrected chi connectivity index (χ1v) is 12.0. The Morgan fingerprint density at radius 3 is 2.58 bits per heavy atom. The molecule has 33 heavy (non-hydrogen) atoms. The molecule has 3 aromatic rings. The number of fused-ring (bicyclic) bond motifs is 1. The molecule has 9 heteroatoms. The van der Waals surface area contributed by atoms with Crippen molar-refractivity contribution in [2.24, 2.45) is 4.99 Å². The summed E-state index contributed by atoms with van der Waals surface area (Å²) < 4.78 is 18.3. The van der Waals surface area contributed by atoms with Crippen LogP contribution in [0.4, 0.5) is 0 Å². The van der Waals surface area contributed by atoms with Gasteiger partial charge in [-0.3, -0.25) is 9.36 Å². The lowest BCUT2D eigenvalue weighted by molar-refractivity contribution is -0.139. The summed E-state index contributed by atoms with van der Waals surface area (Å²) in [4.78, 5) is 32.7. The summed E-state index contributed by atoms with van der Waals surface area (Å²) in [5.41, 5.74) is 2.44. The standard InChI is InChI=1S/C24H24N2O5S2/c1-6-31-23(28)20-14(3)25-24-26(21(20)15-7-8-16(29-4)17(11-15)30-5)22(27)19(33-24)12-18-13(2)9-10-32-18/h7-12,21H,6H2,1-5H3/b19-12-/t21-/m0/s1. The number of hydrogen-bond donors (Lipinski definition) is 0.